The van der Waals surface area contributed by atoms with E-state index in [1.54, 1.807) is 12.1 Å². The Balaban J connectivity index is 1.35. The Labute approximate surface area is 153 Å². The van der Waals surface area contributed by atoms with Gasteiger partial charge in [-0.2, -0.15) is 5.10 Å². The molecule has 0 aliphatic carbocycles. The zero-order valence-electron chi connectivity index (χ0n) is 15.3. The minimum atomic E-state index is 0.0536. The van der Waals surface area contributed by atoms with Crippen LogP contribution in [-0.4, -0.2) is 58.5 Å². The smallest absolute Gasteiger partial charge is 0.254 e. The maximum Gasteiger partial charge on any atom is 0.254 e. The van der Waals surface area contributed by atoms with Crippen molar-refractivity contribution in [3.8, 4) is 11.5 Å². The normalized spacial score (nSPS) is 16.9. The third-order valence-corrected chi connectivity index (χ3v) is 5.04. The van der Waals surface area contributed by atoms with Crippen molar-refractivity contribution < 1.29 is 14.3 Å². The van der Waals surface area contributed by atoms with Gasteiger partial charge in [0.1, 0.15) is 0 Å². The van der Waals surface area contributed by atoms with Crippen molar-refractivity contribution in [3.05, 3.63) is 41.2 Å². The molecule has 1 aromatic heterocycles. The van der Waals surface area contributed by atoms with E-state index in [2.05, 4.69) is 30.0 Å². The third kappa shape index (κ3) is 3.26. The molecular weight excluding hydrogens is 332 g/mol. The molecule has 26 heavy (non-hydrogen) atoms. The third-order valence-electron chi connectivity index (χ3n) is 5.04. The molecule has 0 saturated carbocycles. The predicted molar refractivity (Wildman–Crippen MR) is 96.4 cm³/mol. The molecule has 1 aromatic carbocycles. The van der Waals surface area contributed by atoms with Gasteiger partial charge in [0.25, 0.3) is 5.91 Å². The molecule has 0 spiro atoms. The molecular formula is C19H24N4O3. The molecule has 0 unspecified atom stereocenters. The largest absolute Gasteiger partial charge is 0.454 e. The monoisotopic (exact) mass is 356 g/mol. The highest BCUT2D eigenvalue weighted by Crippen LogP contribution is 2.32. The van der Waals surface area contributed by atoms with Crippen LogP contribution < -0.4 is 9.47 Å². The summed E-state index contributed by atoms with van der Waals surface area (Å²) in [5.74, 6) is 1.41. The maximum atomic E-state index is 12.8. The molecule has 7 nitrogen and oxygen atoms in total. The summed E-state index contributed by atoms with van der Waals surface area (Å²) in [4.78, 5) is 17.1. The molecule has 2 aliphatic rings. The fourth-order valence-corrected chi connectivity index (χ4v) is 3.44. The number of nitrogens with zero attached hydrogens (tertiary/aromatic N) is 4. The molecule has 4 rings (SSSR count). The molecule has 0 radical (unpaired) electrons. The van der Waals surface area contributed by atoms with E-state index in [1.165, 1.54) is 5.56 Å². The SMILES string of the molecule is CCn1cc(CN2CCN(C(=O)c3ccc4c(c3)OCO4)CC2)c(C)n1. The van der Waals surface area contributed by atoms with Gasteiger partial charge in [0.15, 0.2) is 11.5 Å². The minimum Gasteiger partial charge on any atom is -0.454 e. The number of benzene rings is 1. The summed E-state index contributed by atoms with van der Waals surface area (Å²) in [6.45, 7) is 9.34. The van der Waals surface area contributed by atoms with E-state index in [0.29, 0.717) is 17.1 Å². The fraction of sp³-hybridized carbons (Fsp3) is 0.474. The standard InChI is InChI=1S/C19H24N4O3/c1-3-23-12-16(14(2)20-23)11-21-6-8-22(9-7-21)19(24)15-4-5-17-18(10-15)26-13-25-17/h4-5,10,12H,3,6-9,11,13H2,1-2H3. The molecule has 1 saturated heterocycles. The number of rotatable bonds is 4. The molecule has 0 atom stereocenters. The minimum absolute atomic E-state index is 0.0536. The van der Waals surface area contributed by atoms with E-state index in [9.17, 15) is 4.79 Å². The number of aromatic nitrogens is 2. The van der Waals surface area contributed by atoms with Gasteiger partial charge in [-0.25, -0.2) is 0 Å². The van der Waals surface area contributed by atoms with E-state index in [1.807, 2.05) is 15.6 Å². The number of aryl methyl sites for hydroxylation is 2. The van der Waals surface area contributed by atoms with Crippen LogP contribution in [0.2, 0.25) is 0 Å². The van der Waals surface area contributed by atoms with E-state index in [0.717, 1.165) is 45.0 Å². The van der Waals surface area contributed by atoms with Gasteiger partial charge >= 0.3 is 0 Å². The van der Waals surface area contributed by atoms with Crippen LogP contribution in [0.4, 0.5) is 0 Å². The number of hydrogen-bond acceptors (Lipinski definition) is 5. The lowest BCUT2D eigenvalue weighted by Gasteiger charge is -2.34. The Morgan fingerprint density at radius 2 is 1.92 bits per heavy atom. The first kappa shape index (κ1) is 16.9. The van der Waals surface area contributed by atoms with Crippen molar-refractivity contribution in [1.29, 1.82) is 0 Å². The molecule has 0 bridgehead atoms. The molecule has 1 amide bonds. The first-order valence-electron chi connectivity index (χ1n) is 9.08. The topological polar surface area (TPSA) is 59.8 Å². The Hall–Kier alpha value is -2.54. The van der Waals surface area contributed by atoms with Gasteiger partial charge in [-0.15, -0.1) is 0 Å². The average Bonchev–Trinajstić information content (AvgIpc) is 3.27. The number of piperazine rings is 1. The molecule has 2 aromatic rings. The Morgan fingerprint density at radius 1 is 1.15 bits per heavy atom. The Morgan fingerprint density at radius 3 is 2.65 bits per heavy atom. The van der Waals surface area contributed by atoms with Crippen LogP contribution in [0.1, 0.15) is 28.5 Å². The van der Waals surface area contributed by atoms with Crippen LogP contribution in [0, 0.1) is 6.92 Å². The lowest BCUT2D eigenvalue weighted by atomic mass is 10.1. The van der Waals surface area contributed by atoms with Crippen molar-refractivity contribution in [3.63, 3.8) is 0 Å². The first-order valence-corrected chi connectivity index (χ1v) is 9.08. The highest BCUT2D eigenvalue weighted by molar-refractivity contribution is 5.95. The van der Waals surface area contributed by atoms with Crippen molar-refractivity contribution in [2.45, 2.75) is 26.9 Å². The summed E-state index contributed by atoms with van der Waals surface area (Å²) < 4.78 is 12.7. The Bertz CT molecular complexity index is 809. The molecule has 7 heteroatoms. The zero-order valence-corrected chi connectivity index (χ0v) is 15.3. The average molecular weight is 356 g/mol. The van der Waals surface area contributed by atoms with Crippen molar-refractivity contribution in [2.75, 3.05) is 33.0 Å². The van der Waals surface area contributed by atoms with Gasteiger partial charge in [0, 0.05) is 56.6 Å². The number of fused-ring (bicyclic) bond motifs is 1. The van der Waals surface area contributed by atoms with E-state index < -0.39 is 0 Å². The number of carbonyl (C=O) groups is 1. The van der Waals surface area contributed by atoms with Crippen molar-refractivity contribution in [1.82, 2.24) is 19.6 Å². The van der Waals surface area contributed by atoms with Gasteiger partial charge in [-0.3, -0.25) is 14.4 Å². The summed E-state index contributed by atoms with van der Waals surface area (Å²) in [6, 6.07) is 5.39. The second-order valence-electron chi connectivity index (χ2n) is 6.73. The molecule has 0 N–H and O–H groups in total. The second-order valence-corrected chi connectivity index (χ2v) is 6.73. The number of amides is 1. The molecule has 1 fully saturated rings. The highest BCUT2D eigenvalue weighted by Gasteiger charge is 2.24. The summed E-state index contributed by atoms with van der Waals surface area (Å²) in [5, 5.41) is 4.51. The number of hydrogen-bond donors (Lipinski definition) is 0. The molecule has 138 valence electrons. The van der Waals surface area contributed by atoms with Crippen LogP contribution in [-0.2, 0) is 13.1 Å². The number of ether oxygens (including phenoxy) is 2. The van der Waals surface area contributed by atoms with Crippen LogP contribution in [0.5, 0.6) is 11.5 Å². The van der Waals surface area contributed by atoms with E-state index in [-0.39, 0.29) is 12.7 Å². The maximum absolute atomic E-state index is 12.8. The fourth-order valence-electron chi connectivity index (χ4n) is 3.44. The second kappa shape index (κ2) is 6.99. The highest BCUT2D eigenvalue weighted by atomic mass is 16.7. The summed E-state index contributed by atoms with van der Waals surface area (Å²) in [6.07, 6.45) is 2.12. The summed E-state index contributed by atoms with van der Waals surface area (Å²) in [7, 11) is 0. The summed E-state index contributed by atoms with van der Waals surface area (Å²) >= 11 is 0. The molecule has 2 aliphatic heterocycles. The summed E-state index contributed by atoms with van der Waals surface area (Å²) in [5.41, 5.74) is 3.01. The van der Waals surface area contributed by atoms with Crippen molar-refractivity contribution in [2.24, 2.45) is 0 Å². The predicted octanol–water partition coefficient (Wildman–Crippen LogP) is 1.90. The van der Waals surface area contributed by atoms with E-state index >= 15 is 0 Å². The zero-order chi connectivity index (χ0) is 18.1. The van der Waals surface area contributed by atoms with E-state index in [4.69, 9.17) is 9.47 Å². The first-order chi connectivity index (χ1) is 12.6. The van der Waals surface area contributed by atoms with Gasteiger partial charge in [0.2, 0.25) is 6.79 Å². The van der Waals surface area contributed by atoms with Gasteiger partial charge < -0.3 is 14.4 Å². The number of carbonyl (C=O) groups excluding carboxylic acids is 1. The van der Waals surface area contributed by atoms with Crippen LogP contribution in [0.15, 0.2) is 24.4 Å². The van der Waals surface area contributed by atoms with Gasteiger partial charge in [0.05, 0.1) is 5.69 Å². The Kier molecular flexibility index (Phi) is 4.55. The van der Waals surface area contributed by atoms with Crippen molar-refractivity contribution >= 4 is 5.91 Å². The van der Waals surface area contributed by atoms with Gasteiger partial charge in [-0.05, 0) is 32.0 Å². The van der Waals surface area contributed by atoms with Crippen LogP contribution >= 0.6 is 0 Å². The lowest BCUT2D eigenvalue weighted by Crippen LogP contribution is -2.48. The quantitative estimate of drug-likeness (QED) is 0.837. The lowest BCUT2D eigenvalue weighted by molar-refractivity contribution is 0.0628. The van der Waals surface area contributed by atoms with Crippen LogP contribution in [0.25, 0.3) is 0 Å². The van der Waals surface area contributed by atoms with Gasteiger partial charge in [-0.1, -0.05) is 0 Å². The van der Waals surface area contributed by atoms with Crippen LogP contribution in [0.3, 0.4) is 0 Å². The molecule has 3 heterocycles.